The van der Waals surface area contributed by atoms with Gasteiger partial charge in [-0.15, -0.1) is 0 Å². The van der Waals surface area contributed by atoms with E-state index in [1.165, 1.54) is 23.1 Å². The maximum absolute atomic E-state index is 13.0. The molecular formula is C25H17N2O5S-. The molecule has 2 amide bonds. The summed E-state index contributed by atoms with van der Waals surface area (Å²) in [6, 6.07) is 22.0. The Morgan fingerprint density at radius 2 is 1.73 bits per heavy atom. The number of carboxylic acid groups (broad SMARTS) is 1. The van der Waals surface area contributed by atoms with Gasteiger partial charge < -0.3 is 14.6 Å². The van der Waals surface area contributed by atoms with Gasteiger partial charge in [-0.3, -0.25) is 19.8 Å². The topological polar surface area (TPSA) is 98.8 Å². The number of para-hydroxylation sites is 1. The molecule has 164 valence electrons. The fourth-order valence-electron chi connectivity index (χ4n) is 3.25. The average Bonchev–Trinajstić information content (AvgIpc) is 2.82. The van der Waals surface area contributed by atoms with Crippen molar-refractivity contribution < 1.29 is 24.2 Å². The molecule has 7 nitrogen and oxygen atoms in total. The number of carbonyl (C=O) groups is 3. The maximum Gasteiger partial charge on any atom is 0.270 e. The first-order valence-corrected chi connectivity index (χ1v) is 10.3. The molecule has 0 spiro atoms. The van der Waals surface area contributed by atoms with Gasteiger partial charge in [0.25, 0.3) is 11.8 Å². The van der Waals surface area contributed by atoms with Gasteiger partial charge >= 0.3 is 0 Å². The Morgan fingerprint density at radius 1 is 1.00 bits per heavy atom. The summed E-state index contributed by atoms with van der Waals surface area (Å²) in [5, 5.41) is 13.6. The third-order valence-electron chi connectivity index (χ3n) is 4.88. The van der Waals surface area contributed by atoms with Gasteiger partial charge in [-0.05, 0) is 65.3 Å². The second-order valence-electron chi connectivity index (χ2n) is 7.14. The van der Waals surface area contributed by atoms with E-state index in [-0.39, 0.29) is 22.9 Å². The van der Waals surface area contributed by atoms with Crippen LogP contribution in [0.25, 0.3) is 6.08 Å². The summed E-state index contributed by atoms with van der Waals surface area (Å²) in [6.07, 6.45) is 1.49. The molecule has 1 fully saturated rings. The van der Waals surface area contributed by atoms with Crippen molar-refractivity contribution in [3.63, 3.8) is 0 Å². The van der Waals surface area contributed by atoms with E-state index in [1.54, 1.807) is 60.7 Å². The van der Waals surface area contributed by atoms with E-state index in [0.29, 0.717) is 22.6 Å². The monoisotopic (exact) mass is 457 g/mol. The quantitative estimate of drug-likeness (QED) is 0.347. The lowest BCUT2D eigenvalue weighted by molar-refractivity contribution is -0.255. The lowest BCUT2D eigenvalue weighted by Gasteiger charge is -2.28. The van der Waals surface area contributed by atoms with Crippen molar-refractivity contribution in [1.82, 2.24) is 5.32 Å². The number of thiocarbonyl (C=S) groups is 1. The molecule has 0 atom stereocenters. The van der Waals surface area contributed by atoms with E-state index in [2.05, 4.69) is 5.32 Å². The van der Waals surface area contributed by atoms with Crippen molar-refractivity contribution >= 4 is 46.9 Å². The molecule has 1 N–H and O–H groups in total. The zero-order chi connectivity index (χ0) is 23.4. The lowest BCUT2D eigenvalue weighted by Crippen LogP contribution is -2.54. The Labute approximate surface area is 194 Å². The van der Waals surface area contributed by atoms with Crippen molar-refractivity contribution in [2.45, 2.75) is 6.61 Å². The number of nitrogens with zero attached hydrogens (tertiary/aromatic N) is 1. The molecule has 1 heterocycles. The standard InChI is InChI=1S/C25H18N2O5S/c28-22-21(23(29)27(25(33)26-22)19-7-2-1-3-8-19)14-16-9-11-20(12-10-16)32-15-17-5-4-6-18(13-17)24(30)31/h1-14H,15H2,(H,30,31)(H,26,28,33)/p-1/b21-14+. The van der Waals surface area contributed by atoms with E-state index in [0.717, 1.165) is 0 Å². The summed E-state index contributed by atoms with van der Waals surface area (Å²) >= 11 is 5.18. The minimum absolute atomic E-state index is 0.0276. The highest BCUT2D eigenvalue weighted by molar-refractivity contribution is 7.80. The second-order valence-corrected chi connectivity index (χ2v) is 7.53. The summed E-state index contributed by atoms with van der Waals surface area (Å²) in [4.78, 5) is 37.7. The van der Waals surface area contributed by atoms with Gasteiger partial charge in [0, 0.05) is 0 Å². The van der Waals surface area contributed by atoms with Crippen molar-refractivity contribution in [1.29, 1.82) is 0 Å². The number of benzene rings is 3. The average molecular weight is 457 g/mol. The number of rotatable bonds is 6. The number of carbonyl (C=O) groups excluding carboxylic acids is 3. The molecular weight excluding hydrogens is 440 g/mol. The van der Waals surface area contributed by atoms with E-state index in [9.17, 15) is 19.5 Å². The molecule has 0 aromatic heterocycles. The Bertz CT molecular complexity index is 1270. The van der Waals surface area contributed by atoms with Crippen LogP contribution >= 0.6 is 12.2 Å². The predicted octanol–water partition coefficient (Wildman–Crippen LogP) is 2.46. The third kappa shape index (κ3) is 4.97. The first-order chi connectivity index (χ1) is 15.9. The van der Waals surface area contributed by atoms with Gasteiger partial charge in [0.05, 0.1) is 11.7 Å². The van der Waals surface area contributed by atoms with Crippen LogP contribution in [0.15, 0.2) is 84.4 Å². The van der Waals surface area contributed by atoms with Gasteiger partial charge in [0.2, 0.25) is 0 Å². The smallest absolute Gasteiger partial charge is 0.270 e. The van der Waals surface area contributed by atoms with Crippen molar-refractivity contribution in [3.8, 4) is 5.75 Å². The number of ether oxygens (including phenoxy) is 1. The van der Waals surface area contributed by atoms with Crippen molar-refractivity contribution in [3.05, 3.63) is 101 Å². The minimum atomic E-state index is -1.25. The number of carboxylic acids is 1. The van der Waals surface area contributed by atoms with Gasteiger partial charge in [0.15, 0.2) is 5.11 Å². The first-order valence-electron chi connectivity index (χ1n) is 9.92. The van der Waals surface area contributed by atoms with Crippen LogP contribution in [0.2, 0.25) is 0 Å². The van der Waals surface area contributed by atoms with Crippen LogP contribution in [-0.2, 0) is 16.2 Å². The van der Waals surface area contributed by atoms with E-state index in [1.807, 2.05) is 6.07 Å². The molecule has 33 heavy (non-hydrogen) atoms. The largest absolute Gasteiger partial charge is 0.545 e. The highest BCUT2D eigenvalue weighted by Crippen LogP contribution is 2.22. The van der Waals surface area contributed by atoms with Crippen LogP contribution in [0.1, 0.15) is 21.5 Å². The third-order valence-corrected chi connectivity index (χ3v) is 5.16. The van der Waals surface area contributed by atoms with Crippen molar-refractivity contribution in [2.24, 2.45) is 0 Å². The lowest BCUT2D eigenvalue weighted by atomic mass is 10.1. The van der Waals surface area contributed by atoms with Crippen LogP contribution < -0.4 is 20.1 Å². The fraction of sp³-hybridized carbons (Fsp3) is 0.0400. The summed E-state index contributed by atoms with van der Waals surface area (Å²) in [6.45, 7) is 0.173. The number of nitrogens with one attached hydrogen (secondary N) is 1. The van der Waals surface area contributed by atoms with Crippen LogP contribution in [0.3, 0.4) is 0 Å². The van der Waals surface area contributed by atoms with Crippen molar-refractivity contribution in [2.75, 3.05) is 4.90 Å². The van der Waals surface area contributed by atoms with Crippen LogP contribution in [0, 0.1) is 0 Å². The normalized spacial score (nSPS) is 14.8. The number of aromatic carboxylic acids is 1. The number of hydrogen-bond acceptors (Lipinski definition) is 6. The Balaban J connectivity index is 1.49. The molecule has 0 bridgehead atoms. The Hall–Kier alpha value is -4.30. The van der Waals surface area contributed by atoms with Crippen LogP contribution in [-0.4, -0.2) is 22.9 Å². The molecule has 0 radical (unpaired) electrons. The number of hydrogen-bond donors (Lipinski definition) is 1. The molecule has 0 unspecified atom stereocenters. The molecule has 3 aromatic rings. The zero-order valence-corrected chi connectivity index (χ0v) is 18.0. The summed E-state index contributed by atoms with van der Waals surface area (Å²) in [5.74, 6) is -1.78. The molecule has 1 aliphatic heterocycles. The summed E-state index contributed by atoms with van der Waals surface area (Å²) < 4.78 is 5.70. The van der Waals surface area contributed by atoms with Gasteiger partial charge in [0.1, 0.15) is 17.9 Å². The Morgan fingerprint density at radius 3 is 2.42 bits per heavy atom. The molecule has 8 heteroatoms. The van der Waals surface area contributed by atoms with Crippen LogP contribution in [0.4, 0.5) is 5.69 Å². The maximum atomic E-state index is 13.0. The number of amides is 2. The zero-order valence-electron chi connectivity index (χ0n) is 17.2. The molecule has 3 aromatic carbocycles. The molecule has 1 saturated heterocycles. The molecule has 1 aliphatic rings. The highest BCUT2D eigenvalue weighted by atomic mass is 32.1. The van der Waals surface area contributed by atoms with Crippen LogP contribution in [0.5, 0.6) is 5.75 Å². The van der Waals surface area contributed by atoms with E-state index >= 15 is 0 Å². The minimum Gasteiger partial charge on any atom is -0.545 e. The molecule has 4 rings (SSSR count). The first kappa shape index (κ1) is 21.9. The molecule has 0 saturated carbocycles. The summed E-state index contributed by atoms with van der Waals surface area (Å²) in [7, 11) is 0. The van der Waals surface area contributed by atoms with E-state index in [4.69, 9.17) is 17.0 Å². The van der Waals surface area contributed by atoms with Gasteiger partial charge in [-0.2, -0.15) is 0 Å². The second kappa shape index (κ2) is 9.46. The highest BCUT2D eigenvalue weighted by Gasteiger charge is 2.34. The summed E-state index contributed by atoms with van der Waals surface area (Å²) in [5.41, 5.74) is 1.91. The predicted molar refractivity (Wildman–Crippen MR) is 124 cm³/mol. The SMILES string of the molecule is O=C1NC(=S)N(c2ccccc2)C(=O)/C1=C/c1ccc(OCc2cccc(C(=O)[O-])c2)cc1. The number of anilines is 1. The van der Waals surface area contributed by atoms with Gasteiger partial charge in [-0.25, -0.2) is 0 Å². The van der Waals surface area contributed by atoms with Gasteiger partial charge in [-0.1, -0.05) is 48.5 Å². The van der Waals surface area contributed by atoms with E-state index < -0.39 is 17.8 Å². The molecule has 0 aliphatic carbocycles. The Kier molecular flexibility index (Phi) is 6.28. The fourth-order valence-corrected chi connectivity index (χ4v) is 3.53.